The van der Waals surface area contributed by atoms with Crippen LogP contribution in [0, 0.1) is 0 Å². The van der Waals surface area contributed by atoms with Crippen molar-refractivity contribution in [1.29, 1.82) is 0 Å². The number of aromatic hydroxyl groups is 1. The molecule has 1 unspecified atom stereocenters. The molecule has 0 radical (unpaired) electrons. The number of nitrogens with one attached hydrogen (secondary N) is 1. The lowest BCUT2D eigenvalue weighted by molar-refractivity contribution is -0.153. The number of benzene rings is 2. The molecular weight excluding hydrogens is 544 g/mol. The zero-order valence-corrected chi connectivity index (χ0v) is 24.3. The molecular formula is C30H36N4O6S. The SMILES string of the molecule is CC(C)(C)OC(=O)CNC(Cc1ccc(O)cc1S(=O)(=O)c1cccnc1)C(=O)N1CCN(c2ccccc2)CC1. The Kier molecular flexibility index (Phi) is 9.29. The van der Waals surface area contributed by atoms with Gasteiger partial charge < -0.3 is 19.6 Å². The number of phenolic OH excluding ortho intramolecular Hbond substituents is 1. The third-order valence-electron chi connectivity index (χ3n) is 6.63. The standard InChI is InChI=1S/C30H36N4O6S/c1-30(2,3)40-28(36)21-32-26(29(37)34-16-14-33(15-17-34)23-8-5-4-6-9-23)18-22-11-12-24(35)19-27(22)41(38,39)25-10-7-13-31-20-25/h4-13,19-20,26,32,35H,14-18,21H2,1-3H3. The fraction of sp³-hybridized carbons (Fsp3) is 0.367. The third kappa shape index (κ3) is 7.83. The van der Waals surface area contributed by atoms with Crippen LogP contribution in [0.25, 0.3) is 0 Å². The summed E-state index contributed by atoms with van der Waals surface area (Å²) in [5, 5.41) is 13.2. The molecule has 1 fully saturated rings. The predicted octanol–water partition coefficient (Wildman–Crippen LogP) is 2.81. The van der Waals surface area contributed by atoms with Gasteiger partial charge in [-0.3, -0.25) is 19.9 Å². The van der Waals surface area contributed by atoms with Crippen molar-refractivity contribution in [2.24, 2.45) is 0 Å². The minimum absolute atomic E-state index is 0.0321. The van der Waals surface area contributed by atoms with Crippen LogP contribution in [-0.2, 0) is 30.6 Å². The lowest BCUT2D eigenvalue weighted by Crippen LogP contribution is -2.55. The quantitative estimate of drug-likeness (QED) is 0.367. The topological polar surface area (TPSA) is 129 Å². The van der Waals surface area contributed by atoms with Crippen LogP contribution >= 0.6 is 0 Å². The van der Waals surface area contributed by atoms with Crippen molar-refractivity contribution in [2.75, 3.05) is 37.6 Å². The maximum atomic E-state index is 13.8. The van der Waals surface area contributed by atoms with Gasteiger partial charge in [0.2, 0.25) is 15.7 Å². The molecule has 218 valence electrons. The van der Waals surface area contributed by atoms with Gasteiger partial charge in [-0.25, -0.2) is 8.42 Å². The lowest BCUT2D eigenvalue weighted by atomic mass is 10.0. The summed E-state index contributed by atoms with van der Waals surface area (Å²) in [5.41, 5.74) is 0.701. The number of esters is 1. The van der Waals surface area contributed by atoms with E-state index in [1.54, 1.807) is 25.7 Å². The van der Waals surface area contributed by atoms with Crippen LogP contribution in [0.4, 0.5) is 5.69 Å². The number of hydrogen-bond donors (Lipinski definition) is 2. The highest BCUT2D eigenvalue weighted by molar-refractivity contribution is 7.91. The fourth-order valence-electron chi connectivity index (χ4n) is 4.69. The number of ether oxygens (including phenoxy) is 1. The summed E-state index contributed by atoms with van der Waals surface area (Å²) < 4.78 is 32.4. The maximum absolute atomic E-state index is 13.8. The number of aromatic nitrogens is 1. The first-order valence-corrected chi connectivity index (χ1v) is 14.9. The minimum atomic E-state index is -4.06. The van der Waals surface area contributed by atoms with E-state index in [0.29, 0.717) is 31.7 Å². The number of anilines is 1. The summed E-state index contributed by atoms with van der Waals surface area (Å²) in [7, 11) is -4.06. The highest BCUT2D eigenvalue weighted by atomic mass is 32.2. The molecule has 4 rings (SSSR count). The Balaban J connectivity index is 1.58. The number of phenols is 1. The molecule has 1 aliphatic rings. The van der Waals surface area contributed by atoms with Crippen molar-refractivity contribution in [2.45, 2.75) is 48.6 Å². The van der Waals surface area contributed by atoms with Crippen LogP contribution in [0.15, 0.2) is 82.8 Å². The molecule has 2 aromatic carbocycles. The predicted molar refractivity (Wildman–Crippen MR) is 154 cm³/mol. The van der Waals surface area contributed by atoms with E-state index in [9.17, 15) is 23.1 Å². The summed E-state index contributed by atoms with van der Waals surface area (Å²) >= 11 is 0. The second-order valence-corrected chi connectivity index (χ2v) is 12.8. The Morgan fingerprint density at radius 3 is 2.37 bits per heavy atom. The molecule has 2 heterocycles. The number of carbonyl (C=O) groups excluding carboxylic acids is 2. The number of nitrogens with zero attached hydrogens (tertiary/aromatic N) is 3. The summed E-state index contributed by atoms with van der Waals surface area (Å²) in [6.07, 6.45) is 2.67. The molecule has 0 saturated carbocycles. The monoisotopic (exact) mass is 580 g/mol. The first kappa shape index (κ1) is 30.0. The molecule has 41 heavy (non-hydrogen) atoms. The molecule has 3 aromatic rings. The van der Waals surface area contributed by atoms with E-state index >= 15 is 0 Å². The number of pyridine rings is 1. The van der Waals surface area contributed by atoms with Gasteiger partial charge in [-0.2, -0.15) is 0 Å². The van der Waals surface area contributed by atoms with E-state index in [0.717, 1.165) is 5.69 Å². The molecule has 11 heteroatoms. The first-order valence-electron chi connectivity index (χ1n) is 13.4. The molecule has 10 nitrogen and oxygen atoms in total. The van der Waals surface area contributed by atoms with Crippen molar-refractivity contribution in [3.63, 3.8) is 0 Å². The van der Waals surface area contributed by atoms with E-state index in [2.05, 4.69) is 15.2 Å². The van der Waals surface area contributed by atoms with Gasteiger partial charge in [0.15, 0.2) is 0 Å². The zero-order valence-electron chi connectivity index (χ0n) is 23.5. The number of carbonyl (C=O) groups is 2. The average Bonchev–Trinajstić information content (AvgIpc) is 2.95. The summed E-state index contributed by atoms with van der Waals surface area (Å²) in [5.74, 6) is -1.00. The molecule has 1 saturated heterocycles. The van der Waals surface area contributed by atoms with Gasteiger partial charge in [0.05, 0.1) is 22.4 Å². The van der Waals surface area contributed by atoms with Crippen LogP contribution in [0.1, 0.15) is 26.3 Å². The largest absolute Gasteiger partial charge is 0.508 e. The molecule has 2 N–H and O–H groups in total. The first-order chi connectivity index (χ1) is 19.4. The Hall–Kier alpha value is -3.96. The molecule has 1 aliphatic heterocycles. The highest BCUT2D eigenvalue weighted by Crippen LogP contribution is 2.28. The number of rotatable bonds is 9. The Morgan fingerprint density at radius 1 is 1.02 bits per heavy atom. The summed E-state index contributed by atoms with van der Waals surface area (Å²) in [4.78, 5) is 34.0. The number of para-hydroxylation sites is 1. The molecule has 1 atom stereocenters. The van der Waals surface area contributed by atoms with Crippen molar-refractivity contribution < 1.29 is 27.9 Å². The third-order valence-corrected chi connectivity index (χ3v) is 8.45. The van der Waals surface area contributed by atoms with E-state index in [-0.39, 0.29) is 34.4 Å². The smallest absolute Gasteiger partial charge is 0.320 e. The van der Waals surface area contributed by atoms with Gasteiger partial charge in [0.25, 0.3) is 0 Å². The van der Waals surface area contributed by atoms with Crippen LogP contribution in [-0.4, -0.2) is 79.7 Å². The second kappa shape index (κ2) is 12.7. The Bertz CT molecular complexity index is 1450. The number of piperazine rings is 1. The van der Waals surface area contributed by atoms with Gasteiger partial charge in [0.1, 0.15) is 11.4 Å². The van der Waals surface area contributed by atoms with Crippen molar-refractivity contribution >= 4 is 27.4 Å². The minimum Gasteiger partial charge on any atom is -0.508 e. The van der Waals surface area contributed by atoms with Crippen LogP contribution in [0.3, 0.4) is 0 Å². The van der Waals surface area contributed by atoms with E-state index in [1.807, 2.05) is 30.3 Å². The Morgan fingerprint density at radius 2 is 1.73 bits per heavy atom. The molecule has 0 bridgehead atoms. The fourth-order valence-corrected chi connectivity index (χ4v) is 6.17. The van der Waals surface area contributed by atoms with Gasteiger partial charge in [0, 0.05) is 44.3 Å². The average molecular weight is 581 g/mol. The summed E-state index contributed by atoms with van der Waals surface area (Å²) in [6.45, 7) is 7.23. The van der Waals surface area contributed by atoms with Gasteiger partial charge >= 0.3 is 5.97 Å². The van der Waals surface area contributed by atoms with Crippen molar-refractivity contribution in [3.05, 3.63) is 78.6 Å². The number of amides is 1. The molecule has 0 aliphatic carbocycles. The highest BCUT2D eigenvalue weighted by Gasteiger charge is 2.31. The van der Waals surface area contributed by atoms with Gasteiger partial charge in [-0.1, -0.05) is 24.3 Å². The van der Waals surface area contributed by atoms with E-state index in [4.69, 9.17) is 4.74 Å². The van der Waals surface area contributed by atoms with Crippen molar-refractivity contribution in [1.82, 2.24) is 15.2 Å². The van der Waals surface area contributed by atoms with Crippen LogP contribution < -0.4 is 10.2 Å². The van der Waals surface area contributed by atoms with E-state index < -0.39 is 27.4 Å². The normalized spacial score (nSPS) is 14.9. The molecule has 1 aromatic heterocycles. The molecule has 1 amide bonds. The second-order valence-electron chi connectivity index (χ2n) is 10.9. The van der Waals surface area contributed by atoms with Crippen LogP contribution in [0.2, 0.25) is 0 Å². The summed E-state index contributed by atoms with van der Waals surface area (Å²) in [6, 6.07) is 16.0. The van der Waals surface area contributed by atoms with Gasteiger partial charge in [-0.05, 0) is 69.2 Å². The van der Waals surface area contributed by atoms with Crippen LogP contribution in [0.5, 0.6) is 5.75 Å². The number of sulfone groups is 1. The zero-order chi connectivity index (χ0) is 29.6. The van der Waals surface area contributed by atoms with E-state index in [1.165, 1.54) is 42.7 Å². The molecule has 0 spiro atoms. The lowest BCUT2D eigenvalue weighted by Gasteiger charge is -2.37. The van der Waals surface area contributed by atoms with Gasteiger partial charge in [-0.15, -0.1) is 0 Å². The number of hydrogen-bond acceptors (Lipinski definition) is 9. The van der Waals surface area contributed by atoms with Crippen molar-refractivity contribution in [3.8, 4) is 5.75 Å². The Labute approximate surface area is 240 Å². The maximum Gasteiger partial charge on any atom is 0.320 e.